The fourth-order valence-electron chi connectivity index (χ4n) is 3.60. The van der Waals surface area contributed by atoms with Crippen LogP contribution >= 0.6 is 23.4 Å². The number of aliphatic imine (C=N–C) groups is 2. The Hall–Kier alpha value is -2.05. The van der Waals surface area contributed by atoms with E-state index in [9.17, 15) is 4.79 Å². The van der Waals surface area contributed by atoms with Crippen molar-refractivity contribution in [2.75, 3.05) is 18.7 Å². The molecular formula is C19H19ClN4OS. The minimum atomic E-state index is -0.122. The molecule has 5 nitrogen and oxygen atoms in total. The molecule has 0 saturated carbocycles. The first-order chi connectivity index (χ1) is 12.7. The van der Waals surface area contributed by atoms with Crippen LogP contribution in [0.5, 0.6) is 0 Å². The SMILES string of the molecule is CSC1=Nc2c(c(C)c(-c3ccccc3)n2CCCCl)C2=NC(=O)CN12. The number of rotatable bonds is 4. The molecule has 2 aliphatic heterocycles. The van der Waals surface area contributed by atoms with Crippen LogP contribution in [0.3, 0.4) is 0 Å². The van der Waals surface area contributed by atoms with Crippen molar-refractivity contribution in [3.8, 4) is 11.3 Å². The number of benzene rings is 1. The third-order valence-electron chi connectivity index (χ3n) is 4.66. The molecule has 2 aromatic rings. The standard InChI is InChI=1S/C19H19ClN4OS/c1-12-15-17-21-14(25)11-24(17)19(26-2)22-18(15)23(10-6-9-20)16(12)13-7-4-3-5-8-13/h3-5,7-8H,6,9-11H2,1-2H3. The molecule has 1 amide bonds. The van der Waals surface area contributed by atoms with E-state index in [0.717, 1.165) is 52.2 Å². The highest BCUT2D eigenvalue weighted by Gasteiger charge is 2.37. The second-order valence-electron chi connectivity index (χ2n) is 6.25. The number of hydrogen-bond acceptors (Lipinski definition) is 4. The molecule has 0 radical (unpaired) electrons. The maximum absolute atomic E-state index is 12.0. The van der Waals surface area contributed by atoms with E-state index in [1.807, 2.05) is 29.4 Å². The van der Waals surface area contributed by atoms with Crippen LogP contribution in [0, 0.1) is 6.92 Å². The molecule has 0 saturated heterocycles. The lowest BCUT2D eigenvalue weighted by Gasteiger charge is -2.24. The largest absolute Gasteiger partial charge is 0.325 e. The molecule has 0 spiro atoms. The van der Waals surface area contributed by atoms with E-state index in [-0.39, 0.29) is 12.5 Å². The maximum Gasteiger partial charge on any atom is 0.267 e. The van der Waals surface area contributed by atoms with E-state index in [1.54, 1.807) is 0 Å². The molecule has 3 heterocycles. The smallest absolute Gasteiger partial charge is 0.267 e. The van der Waals surface area contributed by atoms with E-state index in [2.05, 4.69) is 28.6 Å². The van der Waals surface area contributed by atoms with Crippen molar-refractivity contribution >= 4 is 46.1 Å². The molecule has 0 N–H and O–H groups in total. The van der Waals surface area contributed by atoms with Gasteiger partial charge < -0.3 is 4.57 Å². The van der Waals surface area contributed by atoms with Crippen LogP contribution in [0.15, 0.2) is 40.3 Å². The highest BCUT2D eigenvalue weighted by atomic mass is 35.5. The molecular weight excluding hydrogens is 368 g/mol. The number of hydrogen-bond donors (Lipinski definition) is 0. The van der Waals surface area contributed by atoms with E-state index in [0.29, 0.717) is 5.88 Å². The molecule has 1 aromatic heterocycles. The average Bonchev–Trinajstić information content (AvgIpc) is 3.17. The second kappa shape index (κ2) is 6.93. The van der Waals surface area contributed by atoms with Gasteiger partial charge in [-0.1, -0.05) is 42.1 Å². The van der Waals surface area contributed by atoms with Gasteiger partial charge in [0.1, 0.15) is 18.2 Å². The lowest BCUT2D eigenvalue weighted by atomic mass is 10.0. The summed E-state index contributed by atoms with van der Waals surface area (Å²) in [4.78, 5) is 23.1. The van der Waals surface area contributed by atoms with Gasteiger partial charge in [0, 0.05) is 12.4 Å². The number of thioether (sulfide) groups is 1. The van der Waals surface area contributed by atoms with Gasteiger partial charge in [-0.2, -0.15) is 4.99 Å². The fourth-order valence-corrected chi connectivity index (χ4v) is 4.27. The van der Waals surface area contributed by atoms with Crippen LogP contribution in [0.4, 0.5) is 5.82 Å². The number of aromatic nitrogens is 1. The minimum absolute atomic E-state index is 0.122. The number of amides is 1. The van der Waals surface area contributed by atoms with Crippen molar-refractivity contribution in [2.45, 2.75) is 19.9 Å². The summed E-state index contributed by atoms with van der Waals surface area (Å²) in [5, 5.41) is 0.811. The van der Waals surface area contributed by atoms with Crippen LogP contribution in [0.25, 0.3) is 11.3 Å². The Morgan fingerprint density at radius 3 is 2.69 bits per heavy atom. The summed E-state index contributed by atoms with van der Waals surface area (Å²) in [5.74, 6) is 2.07. The number of carbonyl (C=O) groups excluding carboxylic acids is 1. The van der Waals surface area contributed by atoms with Gasteiger partial charge in [-0.3, -0.25) is 9.69 Å². The molecule has 26 heavy (non-hydrogen) atoms. The van der Waals surface area contributed by atoms with Crippen LogP contribution < -0.4 is 0 Å². The minimum Gasteiger partial charge on any atom is -0.325 e. The molecule has 0 unspecified atom stereocenters. The summed E-state index contributed by atoms with van der Waals surface area (Å²) < 4.78 is 2.22. The van der Waals surface area contributed by atoms with Gasteiger partial charge in [0.05, 0.1) is 11.3 Å². The van der Waals surface area contributed by atoms with Gasteiger partial charge >= 0.3 is 0 Å². The normalized spacial score (nSPS) is 15.7. The van der Waals surface area contributed by atoms with Gasteiger partial charge in [-0.25, -0.2) is 4.99 Å². The van der Waals surface area contributed by atoms with Crippen LogP contribution in [-0.4, -0.2) is 45.1 Å². The highest BCUT2D eigenvalue weighted by Crippen LogP contribution is 2.41. The van der Waals surface area contributed by atoms with Crippen molar-refractivity contribution in [1.29, 1.82) is 0 Å². The molecule has 0 fully saturated rings. The number of halogens is 1. The van der Waals surface area contributed by atoms with Crippen molar-refractivity contribution in [1.82, 2.24) is 9.47 Å². The van der Waals surface area contributed by atoms with Gasteiger partial charge in [0.25, 0.3) is 5.91 Å². The maximum atomic E-state index is 12.0. The lowest BCUT2D eigenvalue weighted by Crippen LogP contribution is -2.36. The van der Waals surface area contributed by atoms with E-state index < -0.39 is 0 Å². The van der Waals surface area contributed by atoms with Gasteiger partial charge in [-0.05, 0) is 30.7 Å². The second-order valence-corrected chi connectivity index (χ2v) is 7.40. The van der Waals surface area contributed by atoms with Crippen LogP contribution in [-0.2, 0) is 11.3 Å². The first-order valence-electron chi connectivity index (χ1n) is 8.52. The third kappa shape index (κ3) is 2.68. The molecule has 2 aliphatic rings. The Bertz CT molecular complexity index is 933. The number of carbonyl (C=O) groups is 1. The topological polar surface area (TPSA) is 50.0 Å². The van der Waals surface area contributed by atoms with Gasteiger partial charge in [-0.15, -0.1) is 11.6 Å². The molecule has 134 valence electrons. The Kier molecular flexibility index (Phi) is 4.63. The highest BCUT2D eigenvalue weighted by molar-refractivity contribution is 8.13. The summed E-state index contributed by atoms with van der Waals surface area (Å²) in [6.07, 6.45) is 2.82. The summed E-state index contributed by atoms with van der Waals surface area (Å²) in [7, 11) is 0. The molecule has 4 rings (SSSR count). The molecule has 0 bridgehead atoms. The number of nitrogens with zero attached hydrogens (tertiary/aromatic N) is 4. The molecule has 0 aliphatic carbocycles. The summed E-state index contributed by atoms with van der Waals surface area (Å²) in [6.45, 7) is 3.12. The third-order valence-corrected chi connectivity index (χ3v) is 5.60. The van der Waals surface area contributed by atoms with E-state index in [1.165, 1.54) is 11.8 Å². The lowest BCUT2D eigenvalue weighted by molar-refractivity contribution is -0.116. The average molecular weight is 387 g/mol. The van der Waals surface area contributed by atoms with E-state index >= 15 is 0 Å². The zero-order chi connectivity index (χ0) is 18.3. The van der Waals surface area contributed by atoms with Crippen molar-refractivity contribution in [2.24, 2.45) is 9.98 Å². The summed E-state index contributed by atoms with van der Waals surface area (Å²) in [5.41, 5.74) is 4.31. The number of alkyl halides is 1. The quantitative estimate of drug-likeness (QED) is 0.745. The Labute approximate surface area is 161 Å². The number of amidine groups is 2. The Morgan fingerprint density at radius 2 is 2.00 bits per heavy atom. The van der Waals surface area contributed by atoms with Crippen LogP contribution in [0.1, 0.15) is 17.5 Å². The molecule has 7 heteroatoms. The predicted octanol–water partition coefficient (Wildman–Crippen LogP) is 4.05. The van der Waals surface area contributed by atoms with Gasteiger partial charge in [0.15, 0.2) is 5.17 Å². The zero-order valence-electron chi connectivity index (χ0n) is 14.7. The Balaban J connectivity index is 1.99. The fraction of sp³-hybridized carbons (Fsp3) is 0.316. The van der Waals surface area contributed by atoms with E-state index in [4.69, 9.17) is 16.6 Å². The Morgan fingerprint density at radius 1 is 1.23 bits per heavy atom. The summed E-state index contributed by atoms with van der Waals surface area (Å²) >= 11 is 7.51. The zero-order valence-corrected chi connectivity index (χ0v) is 16.3. The first kappa shape index (κ1) is 17.4. The molecule has 1 aromatic carbocycles. The van der Waals surface area contributed by atoms with Crippen molar-refractivity contribution in [3.63, 3.8) is 0 Å². The monoisotopic (exact) mass is 386 g/mol. The first-order valence-corrected chi connectivity index (χ1v) is 10.3. The number of fused-ring (bicyclic) bond motifs is 3. The molecule has 0 atom stereocenters. The van der Waals surface area contributed by atoms with Crippen molar-refractivity contribution in [3.05, 3.63) is 41.5 Å². The van der Waals surface area contributed by atoms with Crippen LogP contribution in [0.2, 0.25) is 0 Å². The summed E-state index contributed by atoms with van der Waals surface area (Å²) in [6, 6.07) is 10.3. The van der Waals surface area contributed by atoms with Gasteiger partial charge in [0.2, 0.25) is 0 Å². The predicted molar refractivity (Wildman–Crippen MR) is 109 cm³/mol. The van der Waals surface area contributed by atoms with Crippen molar-refractivity contribution < 1.29 is 4.79 Å².